The van der Waals surface area contributed by atoms with Crippen molar-refractivity contribution in [1.82, 2.24) is 9.21 Å². The highest BCUT2D eigenvalue weighted by atomic mass is 32.2. The Hall–Kier alpha value is -3.96. The summed E-state index contributed by atoms with van der Waals surface area (Å²) in [5.74, 6) is 2.35. The second-order valence-electron chi connectivity index (χ2n) is 9.57. The normalized spacial score (nSPS) is 13.7. The SMILES string of the molecule is COc1ccc(CCN(C)S(=O)(=O)c2ccc(OC)c(N3CCN(C(=O)COc4ccccc4)CC3)c2)cc1OC. The van der Waals surface area contributed by atoms with Gasteiger partial charge in [-0.25, -0.2) is 12.7 Å². The molecule has 0 radical (unpaired) electrons. The number of sulfonamides is 1. The molecular formula is C30H37N3O7S. The van der Waals surface area contributed by atoms with Gasteiger partial charge in [-0.15, -0.1) is 0 Å². The molecule has 0 unspecified atom stereocenters. The Bertz CT molecular complexity index is 1430. The number of piperazine rings is 1. The van der Waals surface area contributed by atoms with Gasteiger partial charge in [0.2, 0.25) is 10.0 Å². The molecule has 220 valence electrons. The number of carbonyl (C=O) groups is 1. The van der Waals surface area contributed by atoms with Gasteiger partial charge in [-0.3, -0.25) is 4.79 Å². The van der Waals surface area contributed by atoms with E-state index in [1.54, 1.807) is 51.5 Å². The quantitative estimate of drug-likeness (QED) is 0.321. The van der Waals surface area contributed by atoms with Crippen LogP contribution >= 0.6 is 0 Å². The van der Waals surface area contributed by atoms with Crippen molar-refractivity contribution in [2.75, 3.05) is 72.6 Å². The average Bonchev–Trinajstić information content (AvgIpc) is 3.02. The van der Waals surface area contributed by atoms with Gasteiger partial charge in [0.25, 0.3) is 5.91 Å². The lowest BCUT2D eigenvalue weighted by Crippen LogP contribution is -2.50. The van der Waals surface area contributed by atoms with E-state index in [0.717, 1.165) is 5.56 Å². The van der Waals surface area contributed by atoms with Gasteiger partial charge < -0.3 is 28.7 Å². The highest BCUT2D eigenvalue weighted by Gasteiger charge is 2.27. The summed E-state index contributed by atoms with van der Waals surface area (Å²) in [5.41, 5.74) is 1.61. The molecule has 4 rings (SSSR count). The van der Waals surface area contributed by atoms with Gasteiger partial charge in [0, 0.05) is 39.8 Å². The van der Waals surface area contributed by atoms with E-state index in [0.29, 0.717) is 61.3 Å². The second-order valence-corrected chi connectivity index (χ2v) is 11.6. The van der Waals surface area contributed by atoms with E-state index >= 15 is 0 Å². The lowest BCUT2D eigenvalue weighted by molar-refractivity contribution is -0.133. The molecule has 10 nitrogen and oxygen atoms in total. The first-order valence-corrected chi connectivity index (χ1v) is 14.8. The summed E-state index contributed by atoms with van der Waals surface area (Å²) in [6, 6.07) is 19.7. The van der Waals surface area contributed by atoms with Crippen molar-refractivity contribution in [3.8, 4) is 23.0 Å². The Morgan fingerprint density at radius 2 is 1.49 bits per heavy atom. The number of ether oxygens (including phenoxy) is 4. The van der Waals surface area contributed by atoms with E-state index < -0.39 is 10.0 Å². The molecule has 3 aromatic carbocycles. The summed E-state index contributed by atoms with van der Waals surface area (Å²) < 4.78 is 50.2. The van der Waals surface area contributed by atoms with Gasteiger partial charge in [0.05, 0.1) is 31.9 Å². The molecule has 1 aliphatic rings. The highest BCUT2D eigenvalue weighted by molar-refractivity contribution is 7.89. The maximum absolute atomic E-state index is 13.5. The van der Waals surface area contributed by atoms with Crippen LogP contribution in [0.25, 0.3) is 0 Å². The molecule has 0 spiro atoms. The Morgan fingerprint density at radius 1 is 0.829 bits per heavy atom. The van der Waals surface area contributed by atoms with Crippen LogP contribution in [-0.2, 0) is 21.2 Å². The maximum atomic E-state index is 13.5. The van der Waals surface area contributed by atoms with Crippen LogP contribution in [0.5, 0.6) is 23.0 Å². The van der Waals surface area contributed by atoms with Crippen molar-refractivity contribution in [1.29, 1.82) is 0 Å². The Labute approximate surface area is 242 Å². The molecule has 3 aromatic rings. The van der Waals surface area contributed by atoms with E-state index in [1.165, 1.54) is 4.31 Å². The first kappa shape index (κ1) is 30.0. The van der Waals surface area contributed by atoms with E-state index in [2.05, 4.69) is 0 Å². The molecule has 0 aliphatic carbocycles. The van der Waals surface area contributed by atoms with E-state index in [1.807, 2.05) is 53.4 Å². The van der Waals surface area contributed by atoms with Gasteiger partial charge in [-0.1, -0.05) is 24.3 Å². The predicted octanol–water partition coefficient (Wildman–Crippen LogP) is 3.30. The number of rotatable bonds is 12. The number of methoxy groups -OCH3 is 3. The summed E-state index contributed by atoms with van der Waals surface area (Å²) in [7, 11) is 2.50. The molecule has 0 aromatic heterocycles. The number of hydrogen-bond donors (Lipinski definition) is 0. The third kappa shape index (κ3) is 7.22. The van der Waals surface area contributed by atoms with Crippen LogP contribution in [0.1, 0.15) is 5.56 Å². The molecule has 0 saturated carbocycles. The van der Waals surface area contributed by atoms with Crippen molar-refractivity contribution in [3.63, 3.8) is 0 Å². The van der Waals surface area contributed by atoms with Crippen molar-refractivity contribution < 1.29 is 32.2 Å². The molecule has 1 amide bonds. The van der Waals surface area contributed by atoms with Crippen LogP contribution in [-0.4, -0.2) is 91.2 Å². The van der Waals surface area contributed by atoms with E-state index in [-0.39, 0.29) is 24.0 Å². The minimum atomic E-state index is -3.77. The number of amides is 1. The molecule has 0 atom stereocenters. The molecule has 1 saturated heterocycles. The first-order chi connectivity index (χ1) is 19.8. The zero-order valence-electron chi connectivity index (χ0n) is 23.9. The Kier molecular flexibility index (Phi) is 9.95. The molecular weight excluding hydrogens is 546 g/mol. The number of carbonyl (C=O) groups excluding carboxylic acids is 1. The minimum absolute atomic E-state index is 0.0310. The Balaban J connectivity index is 1.40. The fourth-order valence-corrected chi connectivity index (χ4v) is 5.84. The third-order valence-corrected chi connectivity index (χ3v) is 8.95. The lowest BCUT2D eigenvalue weighted by Gasteiger charge is -2.36. The molecule has 1 fully saturated rings. The largest absolute Gasteiger partial charge is 0.495 e. The smallest absolute Gasteiger partial charge is 0.260 e. The molecule has 1 heterocycles. The van der Waals surface area contributed by atoms with Crippen molar-refractivity contribution in [2.45, 2.75) is 11.3 Å². The summed E-state index contributed by atoms with van der Waals surface area (Å²) in [6.07, 6.45) is 0.503. The van der Waals surface area contributed by atoms with Crippen LogP contribution in [0, 0.1) is 0 Å². The lowest BCUT2D eigenvalue weighted by atomic mass is 10.1. The van der Waals surface area contributed by atoms with Gasteiger partial charge in [-0.05, 0) is 54.4 Å². The summed E-state index contributed by atoms with van der Waals surface area (Å²) in [4.78, 5) is 16.7. The van der Waals surface area contributed by atoms with Crippen molar-refractivity contribution in [3.05, 3.63) is 72.3 Å². The van der Waals surface area contributed by atoms with Crippen LogP contribution in [0.2, 0.25) is 0 Å². The topological polar surface area (TPSA) is 97.9 Å². The molecule has 0 N–H and O–H groups in total. The van der Waals surface area contributed by atoms with Crippen molar-refractivity contribution in [2.24, 2.45) is 0 Å². The number of para-hydroxylation sites is 1. The first-order valence-electron chi connectivity index (χ1n) is 13.3. The fourth-order valence-electron chi connectivity index (χ4n) is 4.65. The average molecular weight is 584 g/mol. The minimum Gasteiger partial charge on any atom is -0.495 e. The van der Waals surface area contributed by atoms with Crippen LogP contribution in [0.15, 0.2) is 71.6 Å². The fraction of sp³-hybridized carbons (Fsp3) is 0.367. The summed E-state index contributed by atoms with van der Waals surface area (Å²) in [6.45, 7) is 2.30. The number of likely N-dealkylation sites (N-methyl/N-ethyl adjacent to an activating group) is 1. The standard InChI is InChI=1S/C30H37N3O7S/c1-31(15-14-23-10-12-28(38-3)29(20-23)39-4)41(35,36)25-11-13-27(37-2)26(21-25)32-16-18-33(19-17-32)30(34)22-40-24-8-6-5-7-9-24/h5-13,20-21H,14-19,22H2,1-4H3. The number of anilines is 1. The summed E-state index contributed by atoms with van der Waals surface area (Å²) in [5, 5.41) is 0. The van der Waals surface area contributed by atoms with Gasteiger partial charge in [0.1, 0.15) is 11.5 Å². The van der Waals surface area contributed by atoms with Gasteiger partial charge in [-0.2, -0.15) is 0 Å². The maximum Gasteiger partial charge on any atom is 0.260 e. The number of nitrogens with zero attached hydrogens (tertiary/aromatic N) is 3. The molecule has 0 bridgehead atoms. The zero-order valence-corrected chi connectivity index (χ0v) is 24.7. The van der Waals surface area contributed by atoms with E-state index in [4.69, 9.17) is 18.9 Å². The Morgan fingerprint density at radius 3 is 2.15 bits per heavy atom. The number of benzene rings is 3. The molecule has 11 heteroatoms. The highest BCUT2D eigenvalue weighted by Crippen LogP contribution is 2.33. The molecule has 1 aliphatic heterocycles. The van der Waals surface area contributed by atoms with Gasteiger partial charge in [0.15, 0.2) is 18.1 Å². The van der Waals surface area contributed by atoms with Crippen LogP contribution in [0.4, 0.5) is 5.69 Å². The van der Waals surface area contributed by atoms with Crippen molar-refractivity contribution >= 4 is 21.6 Å². The van der Waals surface area contributed by atoms with E-state index in [9.17, 15) is 13.2 Å². The van der Waals surface area contributed by atoms with Crippen LogP contribution < -0.4 is 23.8 Å². The van der Waals surface area contributed by atoms with Crippen LogP contribution in [0.3, 0.4) is 0 Å². The number of hydrogen-bond acceptors (Lipinski definition) is 8. The zero-order chi connectivity index (χ0) is 29.4. The monoisotopic (exact) mass is 583 g/mol. The van der Waals surface area contributed by atoms with Gasteiger partial charge >= 0.3 is 0 Å². The summed E-state index contributed by atoms with van der Waals surface area (Å²) >= 11 is 0. The predicted molar refractivity (Wildman–Crippen MR) is 157 cm³/mol. The third-order valence-electron chi connectivity index (χ3n) is 7.10. The molecule has 41 heavy (non-hydrogen) atoms. The second kappa shape index (κ2) is 13.6.